The molecule has 1 unspecified atom stereocenters. The molecule has 1 aliphatic heterocycles. The summed E-state index contributed by atoms with van der Waals surface area (Å²) in [4.78, 5) is 32.9. The van der Waals surface area contributed by atoms with Crippen LogP contribution in [0.15, 0.2) is 18.2 Å². The van der Waals surface area contributed by atoms with E-state index < -0.39 is 0 Å². The summed E-state index contributed by atoms with van der Waals surface area (Å²) in [5.74, 6) is -0.193. The number of methoxy groups -OCH3 is 1. The molecular weight excluding hydrogens is 408 g/mol. The Labute approximate surface area is 180 Å². The first-order valence-corrected chi connectivity index (χ1v) is 11.0. The average Bonchev–Trinajstić information content (AvgIpc) is 3.15. The minimum absolute atomic E-state index is 0.0265. The molecule has 0 radical (unpaired) electrons. The van der Waals surface area contributed by atoms with Crippen molar-refractivity contribution in [1.29, 1.82) is 0 Å². The first-order valence-electron chi connectivity index (χ1n) is 9.80. The highest BCUT2D eigenvalue weighted by Crippen LogP contribution is 2.28. The molecule has 0 bridgehead atoms. The van der Waals surface area contributed by atoms with Crippen LogP contribution in [0.1, 0.15) is 37.0 Å². The minimum Gasteiger partial charge on any atom is -0.465 e. The van der Waals surface area contributed by atoms with Gasteiger partial charge in [0.2, 0.25) is 5.91 Å². The predicted molar refractivity (Wildman–Crippen MR) is 119 cm³/mol. The number of ether oxygens (including phenoxy) is 1. The van der Waals surface area contributed by atoms with Crippen LogP contribution < -0.4 is 5.32 Å². The van der Waals surface area contributed by atoms with Gasteiger partial charge >= 0.3 is 5.97 Å². The Morgan fingerprint density at radius 3 is 2.83 bits per heavy atom. The normalized spacial score (nSPS) is 16.5. The summed E-state index contributed by atoms with van der Waals surface area (Å²) in [7, 11) is 1.36. The molecule has 1 amide bonds. The third-order valence-electron chi connectivity index (χ3n) is 5.16. The number of esters is 1. The lowest BCUT2D eigenvalue weighted by molar-refractivity contribution is -0.136. The standard InChI is InChI=1S/C20H26N4O3S2/c1-4-23(5-2)17(25)14-7-6-10-24(12-14)20(28)22-19-21-15-9-8-13(18(26)27-3)11-16(15)29-19/h8-9,11,14H,4-7,10,12H2,1-3H3,(H,21,22,28). The summed E-state index contributed by atoms with van der Waals surface area (Å²) in [6.07, 6.45) is 1.83. The van der Waals surface area contributed by atoms with Crippen LogP contribution in [-0.4, -0.2) is 65.1 Å². The fraction of sp³-hybridized carbons (Fsp3) is 0.500. The van der Waals surface area contributed by atoms with Gasteiger partial charge in [0.1, 0.15) is 0 Å². The van der Waals surface area contributed by atoms with Crippen LogP contribution in [-0.2, 0) is 9.53 Å². The molecule has 1 N–H and O–H groups in total. The van der Waals surface area contributed by atoms with Crippen molar-refractivity contribution in [2.45, 2.75) is 26.7 Å². The smallest absolute Gasteiger partial charge is 0.337 e. The van der Waals surface area contributed by atoms with E-state index in [4.69, 9.17) is 17.0 Å². The van der Waals surface area contributed by atoms with Crippen molar-refractivity contribution in [2.75, 3.05) is 38.6 Å². The molecule has 1 aliphatic rings. The number of anilines is 1. The average molecular weight is 435 g/mol. The summed E-state index contributed by atoms with van der Waals surface area (Å²) in [6.45, 7) is 6.92. The van der Waals surface area contributed by atoms with Gasteiger partial charge in [-0.3, -0.25) is 4.79 Å². The van der Waals surface area contributed by atoms with Crippen molar-refractivity contribution in [3.63, 3.8) is 0 Å². The van der Waals surface area contributed by atoms with E-state index in [-0.39, 0.29) is 17.8 Å². The van der Waals surface area contributed by atoms with Gasteiger partial charge in [0.05, 0.1) is 28.8 Å². The van der Waals surface area contributed by atoms with Crippen LogP contribution in [0.2, 0.25) is 0 Å². The van der Waals surface area contributed by atoms with Crippen molar-refractivity contribution in [3.8, 4) is 0 Å². The lowest BCUT2D eigenvalue weighted by Gasteiger charge is -2.35. The predicted octanol–water partition coefficient (Wildman–Crippen LogP) is 3.36. The molecule has 0 aliphatic carbocycles. The monoisotopic (exact) mass is 434 g/mol. The zero-order valence-electron chi connectivity index (χ0n) is 16.9. The lowest BCUT2D eigenvalue weighted by Crippen LogP contribution is -2.47. The molecule has 9 heteroatoms. The Kier molecular flexibility index (Phi) is 7.02. The number of carbonyl (C=O) groups excluding carboxylic acids is 2. The molecule has 29 heavy (non-hydrogen) atoms. The molecule has 1 aromatic heterocycles. The first-order chi connectivity index (χ1) is 14.0. The number of fused-ring (bicyclic) bond motifs is 1. The number of thiocarbonyl (C=S) groups is 1. The van der Waals surface area contributed by atoms with Gasteiger partial charge < -0.3 is 19.9 Å². The quantitative estimate of drug-likeness (QED) is 0.571. The minimum atomic E-state index is -0.373. The van der Waals surface area contributed by atoms with Crippen molar-refractivity contribution in [3.05, 3.63) is 23.8 Å². The number of piperidine rings is 1. The molecular formula is C20H26N4O3S2. The maximum Gasteiger partial charge on any atom is 0.337 e. The highest BCUT2D eigenvalue weighted by atomic mass is 32.1. The van der Waals surface area contributed by atoms with Gasteiger partial charge in [-0.25, -0.2) is 9.78 Å². The number of rotatable bonds is 5. The number of aromatic nitrogens is 1. The number of carbonyl (C=O) groups is 2. The largest absolute Gasteiger partial charge is 0.465 e. The second kappa shape index (κ2) is 9.49. The molecule has 2 aromatic rings. The highest BCUT2D eigenvalue weighted by Gasteiger charge is 2.29. The van der Waals surface area contributed by atoms with Crippen LogP contribution in [0.5, 0.6) is 0 Å². The highest BCUT2D eigenvalue weighted by molar-refractivity contribution is 7.80. The maximum absolute atomic E-state index is 12.7. The Hall–Kier alpha value is -2.26. The van der Waals surface area contributed by atoms with Gasteiger partial charge in [0.25, 0.3) is 0 Å². The van der Waals surface area contributed by atoms with Gasteiger partial charge in [-0.1, -0.05) is 11.3 Å². The van der Waals surface area contributed by atoms with E-state index in [1.54, 1.807) is 18.2 Å². The second-order valence-corrected chi connectivity index (χ2v) is 8.34. The van der Waals surface area contributed by atoms with Gasteiger partial charge in [0.15, 0.2) is 10.2 Å². The fourth-order valence-electron chi connectivity index (χ4n) is 3.55. The summed E-state index contributed by atoms with van der Waals surface area (Å²) in [5.41, 5.74) is 1.28. The zero-order valence-corrected chi connectivity index (χ0v) is 18.6. The maximum atomic E-state index is 12.7. The zero-order chi connectivity index (χ0) is 21.0. The number of hydrogen-bond acceptors (Lipinski definition) is 6. The van der Waals surface area contributed by atoms with Gasteiger partial charge in [-0.2, -0.15) is 0 Å². The Bertz CT molecular complexity index is 910. The number of benzene rings is 1. The van der Waals surface area contributed by atoms with Crippen molar-refractivity contribution in [2.24, 2.45) is 5.92 Å². The third-order valence-corrected chi connectivity index (χ3v) is 6.45. The van der Waals surface area contributed by atoms with E-state index >= 15 is 0 Å². The summed E-state index contributed by atoms with van der Waals surface area (Å²) >= 11 is 7.02. The SMILES string of the molecule is CCN(CC)C(=O)C1CCCN(C(=S)Nc2nc3ccc(C(=O)OC)cc3s2)C1. The number of hydrogen-bond donors (Lipinski definition) is 1. The molecule has 1 saturated heterocycles. The van der Waals surface area contributed by atoms with E-state index in [9.17, 15) is 9.59 Å². The van der Waals surface area contributed by atoms with Crippen molar-refractivity contribution < 1.29 is 14.3 Å². The van der Waals surface area contributed by atoms with E-state index in [0.29, 0.717) is 22.4 Å². The Morgan fingerprint density at radius 1 is 1.38 bits per heavy atom. The van der Waals surface area contributed by atoms with E-state index in [1.807, 2.05) is 18.7 Å². The summed E-state index contributed by atoms with van der Waals surface area (Å²) < 4.78 is 5.65. The molecule has 3 rings (SSSR count). The molecule has 1 atom stereocenters. The third kappa shape index (κ3) is 4.84. The van der Waals surface area contributed by atoms with Crippen LogP contribution in [0.3, 0.4) is 0 Å². The number of likely N-dealkylation sites (tertiary alicyclic amines) is 1. The van der Waals surface area contributed by atoms with E-state index in [2.05, 4.69) is 15.2 Å². The number of nitrogens with zero attached hydrogens (tertiary/aromatic N) is 3. The lowest BCUT2D eigenvalue weighted by atomic mass is 9.97. The molecule has 1 aromatic carbocycles. The Morgan fingerprint density at radius 2 is 2.14 bits per heavy atom. The van der Waals surface area contributed by atoms with Gasteiger partial charge in [-0.15, -0.1) is 0 Å². The van der Waals surface area contributed by atoms with Crippen LogP contribution in [0.4, 0.5) is 5.13 Å². The summed E-state index contributed by atoms with van der Waals surface area (Å²) in [5, 5.41) is 4.45. The van der Waals surface area contributed by atoms with Crippen molar-refractivity contribution >= 4 is 55.9 Å². The number of thiazole rings is 1. The van der Waals surface area contributed by atoms with Crippen molar-refractivity contribution in [1.82, 2.24) is 14.8 Å². The number of nitrogens with one attached hydrogen (secondary N) is 1. The molecule has 1 fully saturated rings. The Balaban J connectivity index is 1.67. The molecule has 2 heterocycles. The molecule has 0 spiro atoms. The fourth-order valence-corrected chi connectivity index (χ4v) is 4.78. The van der Waals surface area contributed by atoms with Crippen LogP contribution >= 0.6 is 23.6 Å². The molecule has 156 valence electrons. The van der Waals surface area contributed by atoms with Gasteiger partial charge in [0, 0.05) is 26.2 Å². The van der Waals surface area contributed by atoms with E-state index in [0.717, 1.165) is 42.7 Å². The number of amides is 1. The van der Waals surface area contributed by atoms with Crippen LogP contribution in [0.25, 0.3) is 10.2 Å². The second-order valence-electron chi connectivity index (χ2n) is 6.92. The van der Waals surface area contributed by atoms with Crippen LogP contribution in [0, 0.1) is 5.92 Å². The van der Waals surface area contributed by atoms with Gasteiger partial charge in [-0.05, 0) is 57.1 Å². The summed E-state index contributed by atoms with van der Waals surface area (Å²) in [6, 6.07) is 5.27. The first kappa shape index (κ1) is 21.4. The van der Waals surface area contributed by atoms with E-state index in [1.165, 1.54) is 18.4 Å². The molecule has 7 nitrogen and oxygen atoms in total. The molecule has 0 saturated carbocycles. The topological polar surface area (TPSA) is 74.8 Å².